The van der Waals surface area contributed by atoms with Crippen LogP contribution in [0, 0.1) is 0 Å². The van der Waals surface area contributed by atoms with E-state index in [9.17, 15) is 0 Å². The smallest absolute Gasteiger partial charge is 0.198 e. The van der Waals surface area contributed by atoms with Crippen molar-refractivity contribution in [3.05, 3.63) is 48.3 Å². The highest BCUT2D eigenvalue weighted by Crippen LogP contribution is 2.27. The van der Waals surface area contributed by atoms with Gasteiger partial charge in [-0.3, -0.25) is 9.67 Å². The van der Waals surface area contributed by atoms with Crippen molar-refractivity contribution in [1.82, 2.24) is 15.1 Å². The maximum atomic E-state index is 4.78. The number of hydrogen-bond acceptors (Lipinski definition) is 2. The summed E-state index contributed by atoms with van der Waals surface area (Å²) in [6, 6.07) is 10.5. The van der Waals surface area contributed by atoms with Crippen LogP contribution < -0.4 is 10.2 Å². The molecule has 0 saturated carbocycles. The van der Waals surface area contributed by atoms with Gasteiger partial charge >= 0.3 is 0 Å². The molecule has 124 valence electrons. The normalized spacial score (nSPS) is 13.6. The van der Waals surface area contributed by atoms with E-state index in [1.165, 1.54) is 11.3 Å². The second kappa shape index (κ2) is 8.90. The summed E-state index contributed by atoms with van der Waals surface area (Å²) in [5.41, 5.74) is 2.69. The second-order valence-corrected chi connectivity index (χ2v) is 5.39. The third kappa shape index (κ3) is 4.46. The standard InChI is InChI=1S/C17H23N5.HI/c1-2-18-17(19-10-5-12-21-13-6-11-20-21)22-14-9-15-7-3-4-8-16(15)22;/h3-4,6-8,11,13H,2,5,9-10,12,14H2,1H3,(H,18,19);1H. The molecule has 1 aliphatic heterocycles. The Morgan fingerprint density at radius 2 is 2.17 bits per heavy atom. The lowest BCUT2D eigenvalue weighted by atomic mass is 10.2. The first-order valence-electron chi connectivity index (χ1n) is 7.99. The molecule has 6 heteroatoms. The largest absolute Gasteiger partial charge is 0.356 e. The first kappa shape index (κ1) is 17.8. The fourth-order valence-electron chi connectivity index (χ4n) is 2.80. The van der Waals surface area contributed by atoms with E-state index in [0.717, 1.165) is 45.0 Å². The molecule has 0 radical (unpaired) electrons. The summed E-state index contributed by atoms with van der Waals surface area (Å²) in [5, 5.41) is 7.63. The van der Waals surface area contributed by atoms with Crippen LogP contribution in [0.4, 0.5) is 5.69 Å². The van der Waals surface area contributed by atoms with Crippen LogP contribution in [-0.2, 0) is 13.0 Å². The molecule has 2 heterocycles. The number of fused-ring (bicyclic) bond motifs is 1. The van der Waals surface area contributed by atoms with Gasteiger partial charge in [-0.15, -0.1) is 24.0 Å². The van der Waals surface area contributed by atoms with Crippen LogP contribution in [-0.4, -0.2) is 35.4 Å². The number of aromatic nitrogens is 2. The Balaban J connectivity index is 0.00000192. The molecule has 1 N–H and O–H groups in total. The lowest BCUT2D eigenvalue weighted by Gasteiger charge is -2.22. The van der Waals surface area contributed by atoms with E-state index in [2.05, 4.69) is 46.5 Å². The van der Waals surface area contributed by atoms with E-state index in [0.29, 0.717) is 0 Å². The molecule has 0 atom stereocenters. The van der Waals surface area contributed by atoms with Crippen LogP contribution in [0.25, 0.3) is 0 Å². The molecule has 0 bridgehead atoms. The summed E-state index contributed by atoms with van der Waals surface area (Å²) in [6.45, 7) is 5.72. The molecule has 2 aromatic rings. The topological polar surface area (TPSA) is 45.5 Å². The molecule has 0 aliphatic carbocycles. The zero-order valence-corrected chi connectivity index (χ0v) is 15.8. The molecule has 0 fully saturated rings. The number of nitrogens with zero attached hydrogens (tertiary/aromatic N) is 4. The Hall–Kier alpha value is -1.57. The van der Waals surface area contributed by atoms with Gasteiger partial charge in [0.15, 0.2) is 5.96 Å². The van der Waals surface area contributed by atoms with E-state index in [4.69, 9.17) is 4.99 Å². The van der Waals surface area contributed by atoms with Crippen LogP contribution in [0.1, 0.15) is 18.9 Å². The van der Waals surface area contributed by atoms with Gasteiger partial charge in [-0.25, -0.2) is 0 Å². The monoisotopic (exact) mass is 425 g/mol. The molecule has 0 saturated heterocycles. The average Bonchev–Trinajstić information content (AvgIpc) is 3.20. The quantitative estimate of drug-likeness (QED) is 0.347. The second-order valence-electron chi connectivity index (χ2n) is 5.39. The number of aryl methyl sites for hydroxylation is 1. The number of rotatable bonds is 5. The first-order valence-corrected chi connectivity index (χ1v) is 7.99. The lowest BCUT2D eigenvalue weighted by Crippen LogP contribution is -2.40. The zero-order chi connectivity index (χ0) is 15.2. The fourth-order valence-corrected chi connectivity index (χ4v) is 2.80. The maximum Gasteiger partial charge on any atom is 0.198 e. The molecule has 3 rings (SSSR count). The van der Waals surface area contributed by atoms with Crippen molar-refractivity contribution in [1.29, 1.82) is 0 Å². The summed E-state index contributed by atoms with van der Waals surface area (Å²) in [5.74, 6) is 0.993. The predicted molar refractivity (Wildman–Crippen MR) is 106 cm³/mol. The highest BCUT2D eigenvalue weighted by molar-refractivity contribution is 14.0. The van der Waals surface area contributed by atoms with E-state index >= 15 is 0 Å². The number of guanidine groups is 1. The number of para-hydroxylation sites is 1. The molecular formula is C17H24IN5. The van der Waals surface area contributed by atoms with E-state index < -0.39 is 0 Å². The predicted octanol–water partition coefficient (Wildman–Crippen LogP) is 2.92. The minimum absolute atomic E-state index is 0. The van der Waals surface area contributed by atoms with Gasteiger partial charge in [0.05, 0.1) is 0 Å². The SMILES string of the molecule is CCNC(=NCCCn1cccn1)N1CCc2ccccc21.I. The van der Waals surface area contributed by atoms with E-state index in [-0.39, 0.29) is 24.0 Å². The number of nitrogens with one attached hydrogen (secondary N) is 1. The van der Waals surface area contributed by atoms with Gasteiger partial charge in [0.2, 0.25) is 0 Å². The van der Waals surface area contributed by atoms with Crippen LogP contribution in [0.2, 0.25) is 0 Å². The number of benzene rings is 1. The van der Waals surface area contributed by atoms with Crippen molar-refractivity contribution in [2.45, 2.75) is 26.3 Å². The van der Waals surface area contributed by atoms with Crippen LogP contribution in [0.15, 0.2) is 47.7 Å². The Bertz CT molecular complexity index is 624. The van der Waals surface area contributed by atoms with Crippen molar-refractivity contribution in [2.75, 3.05) is 24.5 Å². The summed E-state index contributed by atoms with van der Waals surface area (Å²) in [7, 11) is 0. The Morgan fingerprint density at radius 1 is 1.30 bits per heavy atom. The zero-order valence-electron chi connectivity index (χ0n) is 13.5. The number of hydrogen-bond donors (Lipinski definition) is 1. The third-order valence-electron chi connectivity index (χ3n) is 3.84. The first-order chi connectivity index (χ1) is 10.9. The average molecular weight is 425 g/mol. The Labute approximate surface area is 154 Å². The van der Waals surface area contributed by atoms with Crippen molar-refractivity contribution in [3.8, 4) is 0 Å². The van der Waals surface area contributed by atoms with Gasteiger partial charge in [-0.05, 0) is 37.5 Å². The Morgan fingerprint density at radius 3 is 2.96 bits per heavy atom. The van der Waals surface area contributed by atoms with E-state index in [1.807, 2.05) is 23.1 Å². The summed E-state index contributed by atoms with van der Waals surface area (Å²) >= 11 is 0. The number of anilines is 1. The third-order valence-corrected chi connectivity index (χ3v) is 3.84. The molecular weight excluding hydrogens is 401 g/mol. The van der Waals surface area contributed by atoms with Gasteiger partial charge < -0.3 is 10.2 Å². The minimum Gasteiger partial charge on any atom is -0.356 e. The van der Waals surface area contributed by atoms with Crippen molar-refractivity contribution in [2.24, 2.45) is 4.99 Å². The van der Waals surface area contributed by atoms with Crippen molar-refractivity contribution < 1.29 is 0 Å². The fraction of sp³-hybridized carbons (Fsp3) is 0.412. The molecule has 5 nitrogen and oxygen atoms in total. The molecule has 1 aliphatic rings. The molecule has 1 aromatic heterocycles. The van der Waals surface area contributed by atoms with Crippen LogP contribution in [0.3, 0.4) is 0 Å². The lowest BCUT2D eigenvalue weighted by molar-refractivity contribution is 0.584. The van der Waals surface area contributed by atoms with Crippen LogP contribution >= 0.6 is 24.0 Å². The molecule has 23 heavy (non-hydrogen) atoms. The molecule has 0 spiro atoms. The van der Waals surface area contributed by atoms with Gasteiger partial charge in [-0.1, -0.05) is 18.2 Å². The van der Waals surface area contributed by atoms with Crippen molar-refractivity contribution in [3.63, 3.8) is 0 Å². The summed E-state index contributed by atoms with van der Waals surface area (Å²) in [4.78, 5) is 7.08. The molecule has 1 aromatic carbocycles. The maximum absolute atomic E-state index is 4.78. The van der Waals surface area contributed by atoms with Crippen LogP contribution in [0.5, 0.6) is 0 Å². The highest BCUT2D eigenvalue weighted by atomic mass is 127. The minimum atomic E-state index is 0. The number of aliphatic imine (C=N–C) groups is 1. The molecule has 0 amide bonds. The number of halogens is 1. The highest BCUT2D eigenvalue weighted by Gasteiger charge is 2.22. The van der Waals surface area contributed by atoms with Gasteiger partial charge in [0.1, 0.15) is 0 Å². The molecule has 0 unspecified atom stereocenters. The summed E-state index contributed by atoms with van der Waals surface area (Å²) < 4.78 is 1.95. The Kier molecular flexibility index (Phi) is 6.88. The van der Waals surface area contributed by atoms with Gasteiger partial charge in [0.25, 0.3) is 0 Å². The van der Waals surface area contributed by atoms with Gasteiger partial charge in [-0.2, -0.15) is 5.10 Å². The summed E-state index contributed by atoms with van der Waals surface area (Å²) in [6.07, 6.45) is 5.89. The van der Waals surface area contributed by atoms with E-state index in [1.54, 1.807) is 0 Å². The van der Waals surface area contributed by atoms with Gasteiger partial charge in [0, 0.05) is 44.3 Å². The van der Waals surface area contributed by atoms with Crippen molar-refractivity contribution >= 4 is 35.6 Å².